The van der Waals surface area contributed by atoms with Gasteiger partial charge in [0.05, 0.1) is 13.2 Å². The van der Waals surface area contributed by atoms with Crippen LogP contribution in [-0.2, 0) is 24.9 Å². The lowest BCUT2D eigenvalue weighted by Crippen LogP contribution is -2.01. The van der Waals surface area contributed by atoms with E-state index in [2.05, 4.69) is 24.9 Å². The molecule has 0 atom stereocenters. The Kier molecular flexibility index (Phi) is 7.03. The molecule has 0 bridgehead atoms. The molecule has 1 aliphatic heterocycles. The first-order valence-corrected chi connectivity index (χ1v) is 4.74. The van der Waals surface area contributed by atoms with E-state index in [1.165, 1.54) is 12.8 Å². The van der Waals surface area contributed by atoms with Gasteiger partial charge in [-0.15, -0.1) is 0 Å². The fourth-order valence-electron chi connectivity index (χ4n) is 1.15. The van der Waals surface area contributed by atoms with Gasteiger partial charge in [-0.25, -0.2) is 9.78 Å². The minimum absolute atomic E-state index is 0.517. The average Bonchev–Trinajstić information content (AvgIpc) is 2.18. The van der Waals surface area contributed by atoms with Gasteiger partial charge in [-0.05, 0) is 28.0 Å². The molecule has 78 valence electrons. The summed E-state index contributed by atoms with van der Waals surface area (Å²) in [4.78, 5) is 9.24. The van der Waals surface area contributed by atoms with E-state index in [1.807, 2.05) is 0 Å². The zero-order valence-electron chi connectivity index (χ0n) is 7.70. The van der Waals surface area contributed by atoms with E-state index in [4.69, 9.17) is 0 Å². The highest BCUT2D eigenvalue weighted by Gasteiger charge is 1.97. The molecule has 0 aliphatic carbocycles. The van der Waals surface area contributed by atoms with Gasteiger partial charge in [0, 0.05) is 0 Å². The second-order valence-electron chi connectivity index (χ2n) is 2.97. The highest BCUT2D eigenvalue weighted by atomic mass is 17.8. The summed E-state index contributed by atoms with van der Waals surface area (Å²) in [7, 11) is 0. The van der Waals surface area contributed by atoms with Crippen molar-refractivity contribution < 1.29 is 24.9 Å². The Balaban J connectivity index is 2.01. The first kappa shape index (κ1) is 10.9. The SMILES string of the molecule is C1CCCCOOOOOCCC1. The van der Waals surface area contributed by atoms with Gasteiger partial charge in [-0.2, -0.15) is 0 Å². The van der Waals surface area contributed by atoms with Gasteiger partial charge in [0.15, 0.2) is 0 Å². The zero-order valence-corrected chi connectivity index (χ0v) is 7.70. The predicted octanol–water partition coefficient (Wildman–Crippen LogP) is 2.08. The summed E-state index contributed by atoms with van der Waals surface area (Å²) >= 11 is 0. The molecule has 1 aliphatic rings. The molecule has 0 saturated carbocycles. The molecule has 0 spiro atoms. The Morgan fingerprint density at radius 2 is 0.923 bits per heavy atom. The van der Waals surface area contributed by atoms with E-state index in [0.29, 0.717) is 13.2 Å². The summed E-state index contributed by atoms with van der Waals surface area (Å²) in [6.07, 6.45) is 6.72. The van der Waals surface area contributed by atoms with Gasteiger partial charge in [-0.3, -0.25) is 0 Å². The highest BCUT2D eigenvalue weighted by Crippen LogP contribution is 2.06. The molecule has 1 saturated heterocycles. The maximum absolute atomic E-state index is 4.62. The van der Waals surface area contributed by atoms with Gasteiger partial charge in [-0.1, -0.05) is 25.7 Å². The lowest BCUT2D eigenvalue weighted by atomic mass is 10.1. The van der Waals surface area contributed by atoms with Crippen molar-refractivity contribution in [1.29, 1.82) is 0 Å². The zero-order chi connectivity index (χ0) is 9.19. The van der Waals surface area contributed by atoms with E-state index >= 15 is 0 Å². The van der Waals surface area contributed by atoms with E-state index in [1.54, 1.807) is 0 Å². The number of rotatable bonds is 0. The van der Waals surface area contributed by atoms with Crippen LogP contribution in [0.2, 0.25) is 0 Å². The summed E-state index contributed by atoms with van der Waals surface area (Å²) < 4.78 is 0. The second kappa shape index (κ2) is 8.40. The van der Waals surface area contributed by atoms with Crippen LogP contribution in [0.4, 0.5) is 0 Å². The molecular weight excluding hydrogens is 176 g/mol. The molecule has 5 nitrogen and oxygen atoms in total. The largest absolute Gasteiger partial charge is 0.204 e. The van der Waals surface area contributed by atoms with Crippen molar-refractivity contribution in [1.82, 2.24) is 0 Å². The third kappa shape index (κ3) is 6.92. The molecule has 1 heterocycles. The quantitative estimate of drug-likeness (QED) is 0.550. The normalized spacial score (nSPS) is 24.0. The van der Waals surface area contributed by atoms with Gasteiger partial charge in [0.1, 0.15) is 0 Å². The third-order valence-electron chi connectivity index (χ3n) is 1.86. The Bertz CT molecular complexity index is 60.6. The molecule has 0 aromatic rings. The molecule has 0 N–H and O–H groups in total. The van der Waals surface area contributed by atoms with Crippen LogP contribution in [0.3, 0.4) is 0 Å². The molecule has 0 unspecified atom stereocenters. The number of hydrogen-bond acceptors (Lipinski definition) is 5. The maximum Gasteiger partial charge on any atom is 0.0855 e. The molecule has 13 heavy (non-hydrogen) atoms. The fraction of sp³-hybridized carbons (Fsp3) is 1.00. The molecule has 5 heteroatoms. The first-order chi connectivity index (χ1) is 6.50. The van der Waals surface area contributed by atoms with E-state index in [0.717, 1.165) is 25.7 Å². The standard InChI is InChI=1S/C8H16O5/c1-2-4-6-8-10-12-13-11-9-7-5-3-1/h1-8H2. The smallest absolute Gasteiger partial charge is 0.0855 e. The molecule has 1 rings (SSSR count). The van der Waals surface area contributed by atoms with Crippen LogP contribution in [0, 0.1) is 0 Å². The van der Waals surface area contributed by atoms with Crippen molar-refractivity contribution in [3.8, 4) is 0 Å². The molecular formula is C8H16O5. The second-order valence-corrected chi connectivity index (χ2v) is 2.97. The minimum Gasteiger partial charge on any atom is -0.204 e. The molecule has 0 aromatic carbocycles. The van der Waals surface area contributed by atoms with Gasteiger partial charge >= 0.3 is 0 Å². The third-order valence-corrected chi connectivity index (χ3v) is 1.86. The Hall–Kier alpha value is -0.200. The summed E-state index contributed by atoms with van der Waals surface area (Å²) in [6, 6.07) is 0. The summed E-state index contributed by atoms with van der Waals surface area (Å²) in [5.74, 6) is 0. The topological polar surface area (TPSA) is 46.2 Å². The Morgan fingerprint density at radius 3 is 1.46 bits per heavy atom. The molecule has 0 radical (unpaired) electrons. The lowest BCUT2D eigenvalue weighted by molar-refractivity contribution is -0.708. The van der Waals surface area contributed by atoms with Crippen LogP contribution in [0.5, 0.6) is 0 Å². The van der Waals surface area contributed by atoms with Crippen LogP contribution >= 0.6 is 0 Å². The fourth-order valence-corrected chi connectivity index (χ4v) is 1.15. The van der Waals surface area contributed by atoms with Crippen LogP contribution in [0.1, 0.15) is 38.5 Å². The van der Waals surface area contributed by atoms with Gasteiger partial charge < -0.3 is 0 Å². The summed E-state index contributed by atoms with van der Waals surface area (Å²) in [5, 5.41) is 12.5. The van der Waals surface area contributed by atoms with Crippen LogP contribution in [-0.4, -0.2) is 13.2 Å². The highest BCUT2D eigenvalue weighted by molar-refractivity contribution is 4.44. The minimum atomic E-state index is 0.517. The van der Waals surface area contributed by atoms with Gasteiger partial charge in [0.2, 0.25) is 0 Å². The van der Waals surface area contributed by atoms with Crippen molar-refractivity contribution in [2.75, 3.05) is 13.2 Å². The first-order valence-electron chi connectivity index (χ1n) is 4.74. The van der Waals surface area contributed by atoms with E-state index in [-0.39, 0.29) is 0 Å². The Morgan fingerprint density at radius 1 is 0.462 bits per heavy atom. The van der Waals surface area contributed by atoms with Crippen molar-refractivity contribution in [2.45, 2.75) is 38.5 Å². The molecule has 0 amide bonds. The average molecular weight is 192 g/mol. The predicted molar refractivity (Wildman–Crippen MR) is 42.9 cm³/mol. The van der Waals surface area contributed by atoms with Crippen LogP contribution in [0.25, 0.3) is 0 Å². The van der Waals surface area contributed by atoms with E-state index < -0.39 is 0 Å². The van der Waals surface area contributed by atoms with Gasteiger partial charge in [0.25, 0.3) is 0 Å². The van der Waals surface area contributed by atoms with Crippen molar-refractivity contribution in [2.24, 2.45) is 0 Å². The lowest BCUT2D eigenvalue weighted by Gasteiger charge is -1.99. The Labute approximate surface area is 77.6 Å². The molecule has 1 fully saturated rings. The van der Waals surface area contributed by atoms with Crippen molar-refractivity contribution in [3.63, 3.8) is 0 Å². The molecule has 0 aromatic heterocycles. The van der Waals surface area contributed by atoms with Crippen LogP contribution < -0.4 is 0 Å². The van der Waals surface area contributed by atoms with E-state index in [9.17, 15) is 0 Å². The summed E-state index contributed by atoms with van der Waals surface area (Å²) in [5.41, 5.74) is 0. The maximum atomic E-state index is 4.62. The summed E-state index contributed by atoms with van der Waals surface area (Å²) in [6.45, 7) is 1.03. The number of hydrogen-bond donors (Lipinski definition) is 0. The van der Waals surface area contributed by atoms with Crippen molar-refractivity contribution in [3.05, 3.63) is 0 Å². The monoisotopic (exact) mass is 192 g/mol. The van der Waals surface area contributed by atoms with Crippen molar-refractivity contribution >= 4 is 0 Å². The van der Waals surface area contributed by atoms with Crippen LogP contribution in [0.15, 0.2) is 0 Å².